The van der Waals surface area contributed by atoms with E-state index in [1.807, 2.05) is 32.9 Å². The number of ketones is 1. The number of rotatable bonds is 6. The van der Waals surface area contributed by atoms with Crippen LogP contribution in [0.4, 0.5) is 0 Å². The monoisotopic (exact) mass is 375 g/mol. The van der Waals surface area contributed by atoms with E-state index >= 15 is 0 Å². The Hall–Kier alpha value is -2.18. The van der Waals surface area contributed by atoms with Gasteiger partial charge in [0, 0.05) is 12.6 Å². The number of sulfonamides is 1. The first kappa shape index (κ1) is 20.1. The van der Waals surface area contributed by atoms with Crippen molar-refractivity contribution in [1.29, 1.82) is 0 Å². The van der Waals surface area contributed by atoms with E-state index in [0.29, 0.717) is 5.56 Å². The topological polar surface area (TPSA) is 63.7 Å². The van der Waals surface area contributed by atoms with E-state index in [-0.39, 0.29) is 16.4 Å². The van der Waals surface area contributed by atoms with Crippen molar-refractivity contribution in [3.05, 3.63) is 58.7 Å². The van der Waals surface area contributed by atoms with Crippen molar-refractivity contribution in [2.75, 3.05) is 14.2 Å². The fourth-order valence-corrected chi connectivity index (χ4v) is 4.16. The molecule has 0 heterocycles. The molecule has 0 fully saturated rings. The van der Waals surface area contributed by atoms with E-state index in [1.165, 1.54) is 14.2 Å². The van der Waals surface area contributed by atoms with E-state index in [2.05, 4.69) is 0 Å². The van der Waals surface area contributed by atoms with Gasteiger partial charge in [-0.2, -0.15) is 4.31 Å². The Bertz CT molecular complexity index is 918. The lowest BCUT2D eigenvalue weighted by Gasteiger charge is -2.24. The average Bonchev–Trinajstić information content (AvgIpc) is 2.62. The van der Waals surface area contributed by atoms with Crippen molar-refractivity contribution in [2.24, 2.45) is 0 Å². The number of aryl methyl sites for hydroxylation is 3. The first-order valence-electron chi connectivity index (χ1n) is 8.33. The summed E-state index contributed by atoms with van der Waals surface area (Å²) < 4.78 is 32.6. The van der Waals surface area contributed by atoms with Gasteiger partial charge in [-0.3, -0.25) is 4.79 Å². The number of benzene rings is 2. The summed E-state index contributed by atoms with van der Waals surface area (Å²) in [5.41, 5.74) is 3.30. The number of carbonyl (C=O) groups is 1. The Morgan fingerprint density at radius 1 is 1.04 bits per heavy atom. The molecule has 0 N–H and O–H groups in total. The van der Waals surface area contributed by atoms with Crippen molar-refractivity contribution in [3.63, 3.8) is 0 Å². The summed E-state index contributed by atoms with van der Waals surface area (Å²) in [5, 5.41) is 0. The van der Waals surface area contributed by atoms with Gasteiger partial charge in [-0.15, -0.1) is 0 Å². The Morgan fingerprint density at radius 3 is 2.12 bits per heavy atom. The van der Waals surface area contributed by atoms with Gasteiger partial charge < -0.3 is 4.74 Å². The third kappa shape index (κ3) is 3.81. The second kappa shape index (κ2) is 7.60. The van der Waals surface area contributed by atoms with E-state index < -0.39 is 16.1 Å². The average molecular weight is 375 g/mol. The number of hydrogen-bond acceptors (Lipinski definition) is 4. The van der Waals surface area contributed by atoms with Crippen LogP contribution in [0.3, 0.4) is 0 Å². The van der Waals surface area contributed by atoms with E-state index in [0.717, 1.165) is 21.0 Å². The molecule has 6 heteroatoms. The Kier molecular flexibility index (Phi) is 5.88. The number of carbonyl (C=O) groups excluding carboxylic acids is 1. The van der Waals surface area contributed by atoms with Gasteiger partial charge >= 0.3 is 0 Å². The molecule has 0 saturated heterocycles. The molecule has 2 aromatic carbocycles. The van der Waals surface area contributed by atoms with Crippen LogP contribution in [0.5, 0.6) is 5.75 Å². The predicted molar refractivity (Wildman–Crippen MR) is 102 cm³/mol. The van der Waals surface area contributed by atoms with Crippen molar-refractivity contribution >= 4 is 15.8 Å². The zero-order chi connectivity index (χ0) is 19.6. The van der Waals surface area contributed by atoms with Crippen LogP contribution in [0.2, 0.25) is 0 Å². The molecule has 2 rings (SSSR count). The van der Waals surface area contributed by atoms with Crippen LogP contribution in [-0.4, -0.2) is 38.7 Å². The van der Waals surface area contributed by atoms with E-state index in [1.54, 1.807) is 31.2 Å². The lowest BCUT2D eigenvalue weighted by molar-refractivity contribution is 0.0919. The van der Waals surface area contributed by atoms with Crippen LogP contribution in [0.1, 0.15) is 34.0 Å². The highest BCUT2D eigenvalue weighted by Crippen LogP contribution is 2.30. The Labute approximate surface area is 155 Å². The van der Waals surface area contributed by atoms with Crippen LogP contribution in [0.15, 0.2) is 41.3 Å². The zero-order valence-corrected chi connectivity index (χ0v) is 16.8. The molecular formula is C20H25NO4S. The third-order valence-electron chi connectivity index (χ3n) is 4.70. The fourth-order valence-electron chi connectivity index (χ4n) is 2.61. The maximum absolute atomic E-state index is 13.1. The van der Waals surface area contributed by atoms with Gasteiger partial charge in [0.1, 0.15) is 10.6 Å². The second-order valence-corrected chi connectivity index (χ2v) is 8.48. The fraction of sp³-hybridized carbons (Fsp3) is 0.350. The standard InChI is InChI=1S/C20H25NO4S/c1-13-7-9-17(10-8-13)20(22)16(4)21(5)26(23,24)19-12-15(3)14(2)11-18(19)25-6/h7-12,16H,1-6H3. The Morgan fingerprint density at radius 2 is 1.58 bits per heavy atom. The van der Waals surface area contributed by atoms with Gasteiger partial charge in [0.05, 0.1) is 13.2 Å². The summed E-state index contributed by atoms with van der Waals surface area (Å²) in [6, 6.07) is 9.54. The highest BCUT2D eigenvalue weighted by Gasteiger charge is 2.32. The minimum Gasteiger partial charge on any atom is -0.495 e. The molecule has 0 aliphatic heterocycles. The molecule has 0 spiro atoms. The van der Waals surface area contributed by atoms with Gasteiger partial charge in [-0.25, -0.2) is 8.42 Å². The molecule has 5 nitrogen and oxygen atoms in total. The number of ether oxygens (including phenoxy) is 1. The number of likely N-dealkylation sites (N-methyl/N-ethyl adjacent to an activating group) is 1. The van der Waals surface area contributed by atoms with Crippen LogP contribution in [0.25, 0.3) is 0 Å². The minimum atomic E-state index is -3.89. The van der Waals surface area contributed by atoms with Crippen LogP contribution in [-0.2, 0) is 10.0 Å². The SMILES string of the molecule is COc1cc(C)c(C)cc1S(=O)(=O)N(C)C(C)C(=O)c1ccc(C)cc1. The van der Waals surface area contributed by atoms with Crippen LogP contribution < -0.4 is 4.74 Å². The molecule has 0 saturated carbocycles. The van der Waals surface area contributed by atoms with Crippen molar-refractivity contribution in [3.8, 4) is 5.75 Å². The van der Waals surface area contributed by atoms with Gasteiger partial charge in [0.15, 0.2) is 5.78 Å². The molecule has 0 aliphatic carbocycles. The maximum atomic E-state index is 13.1. The molecule has 2 aromatic rings. The molecule has 1 atom stereocenters. The van der Waals surface area contributed by atoms with Crippen LogP contribution in [0, 0.1) is 20.8 Å². The number of hydrogen-bond donors (Lipinski definition) is 0. The minimum absolute atomic E-state index is 0.0640. The number of methoxy groups -OCH3 is 1. The summed E-state index contributed by atoms with van der Waals surface area (Å²) in [5.74, 6) is 0.0220. The quantitative estimate of drug-likeness (QED) is 0.725. The zero-order valence-electron chi connectivity index (χ0n) is 16.0. The lowest BCUT2D eigenvalue weighted by atomic mass is 10.0. The molecular weight excluding hydrogens is 350 g/mol. The molecule has 140 valence electrons. The predicted octanol–water partition coefficient (Wildman–Crippen LogP) is 3.51. The van der Waals surface area contributed by atoms with Crippen molar-refractivity contribution in [1.82, 2.24) is 4.31 Å². The van der Waals surface area contributed by atoms with Crippen molar-refractivity contribution < 1.29 is 17.9 Å². The van der Waals surface area contributed by atoms with Gasteiger partial charge in [0.2, 0.25) is 10.0 Å². The lowest BCUT2D eigenvalue weighted by Crippen LogP contribution is -2.40. The molecule has 0 bridgehead atoms. The summed E-state index contributed by atoms with van der Waals surface area (Å²) in [6.07, 6.45) is 0. The molecule has 1 unspecified atom stereocenters. The van der Waals surface area contributed by atoms with Gasteiger partial charge in [0.25, 0.3) is 0 Å². The molecule has 0 amide bonds. The summed E-state index contributed by atoms with van der Waals surface area (Å²) >= 11 is 0. The summed E-state index contributed by atoms with van der Waals surface area (Å²) in [7, 11) is -1.04. The van der Waals surface area contributed by atoms with E-state index in [4.69, 9.17) is 4.74 Å². The summed E-state index contributed by atoms with van der Waals surface area (Å²) in [6.45, 7) is 7.25. The molecule has 0 radical (unpaired) electrons. The summed E-state index contributed by atoms with van der Waals surface area (Å²) in [4.78, 5) is 12.8. The third-order valence-corrected chi connectivity index (χ3v) is 6.65. The first-order chi connectivity index (χ1) is 12.1. The second-order valence-electron chi connectivity index (χ2n) is 6.51. The van der Waals surface area contributed by atoms with Gasteiger partial charge in [-0.05, 0) is 51.0 Å². The van der Waals surface area contributed by atoms with Gasteiger partial charge in [-0.1, -0.05) is 29.8 Å². The van der Waals surface area contributed by atoms with Crippen LogP contribution >= 0.6 is 0 Å². The first-order valence-corrected chi connectivity index (χ1v) is 9.77. The molecule has 0 aromatic heterocycles. The smallest absolute Gasteiger partial charge is 0.247 e. The van der Waals surface area contributed by atoms with Crippen molar-refractivity contribution in [2.45, 2.75) is 38.6 Å². The molecule has 0 aliphatic rings. The molecule has 26 heavy (non-hydrogen) atoms. The largest absolute Gasteiger partial charge is 0.495 e. The maximum Gasteiger partial charge on any atom is 0.247 e. The van der Waals surface area contributed by atoms with E-state index in [9.17, 15) is 13.2 Å². The Balaban J connectivity index is 2.41. The number of Topliss-reactive ketones (excluding diaryl/α,β-unsaturated/α-hetero) is 1. The normalized spacial score (nSPS) is 12.9. The highest BCUT2D eigenvalue weighted by atomic mass is 32.2. The number of nitrogens with zero attached hydrogens (tertiary/aromatic N) is 1. The highest BCUT2D eigenvalue weighted by molar-refractivity contribution is 7.89.